The van der Waals surface area contributed by atoms with Crippen molar-refractivity contribution in [1.82, 2.24) is 0 Å². The Balaban J connectivity index is 2.42. The van der Waals surface area contributed by atoms with Crippen LogP contribution in [-0.2, 0) is 0 Å². The topological polar surface area (TPSA) is 24.7 Å². The first-order valence-electron chi connectivity index (χ1n) is 7.74. The number of aliphatic imine (C=N–C) groups is 2. The van der Waals surface area contributed by atoms with Gasteiger partial charge in [-0.3, -0.25) is 0 Å². The number of hydrogen-bond donors (Lipinski definition) is 0. The minimum atomic E-state index is 0.204. The number of rotatable bonds is 5. The number of hydrogen-bond acceptors (Lipinski definition) is 1. The van der Waals surface area contributed by atoms with Crippen molar-refractivity contribution in [2.45, 2.75) is 20.3 Å². The van der Waals surface area contributed by atoms with Crippen LogP contribution in [0.1, 0.15) is 31.4 Å². The number of halogens is 1. The van der Waals surface area contributed by atoms with Gasteiger partial charge in [0.05, 0.1) is 5.70 Å². The van der Waals surface area contributed by atoms with Crippen molar-refractivity contribution < 1.29 is 0 Å². The van der Waals surface area contributed by atoms with Crippen molar-refractivity contribution in [2.75, 3.05) is 0 Å². The Kier molecular flexibility index (Phi) is 6.30. The van der Waals surface area contributed by atoms with E-state index in [4.69, 9.17) is 11.6 Å². The zero-order chi connectivity index (χ0) is 16.7. The summed E-state index contributed by atoms with van der Waals surface area (Å²) in [7, 11) is 0. The van der Waals surface area contributed by atoms with Crippen LogP contribution >= 0.6 is 11.6 Å². The first-order chi connectivity index (χ1) is 11.1. The molecule has 0 N–H and O–H groups in total. The highest BCUT2D eigenvalue weighted by Gasteiger charge is 2.09. The van der Waals surface area contributed by atoms with Crippen LogP contribution in [0.15, 0.2) is 77.2 Å². The van der Waals surface area contributed by atoms with E-state index < -0.39 is 0 Å². The maximum absolute atomic E-state index is 6.35. The molecule has 0 saturated heterocycles. The summed E-state index contributed by atoms with van der Waals surface area (Å²) in [5.41, 5.74) is 2.56. The average Bonchev–Trinajstić information content (AvgIpc) is 2.61. The maximum atomic E-state index is 6.35. The van der Waals surface area contributed by atoms with Crippen molar-refractivity contribution >= 4 is 28.3 Å². The van der Waals surface area contributed by atoms with Crippen LogP contribution in [0.3, 0.4) is 0 Å². The van der Waals surface area contributed by atoms with E-state index in [1.807, 2.05) is 60.7 Å². The summed E-state index contributed by atoms with van der Waals surface area (Å²) >= 11 is 6.35. The van der Waals surface area contributed by atoms with Crippen LogP contribution in [0.4, 0.5) is 0 Å². The Morgan fingerprint density at radius 2 is 1.48 bits per heavy atom. The van der Waals surface area contributed by atoms with Gasteiger partial charge >= 0.3 is 0 Å². The quantitative estimate of drug-likeness (QED) is 0.491. The summed E-state index contributed by atoms with van der Waals surface area (Å²) in [6, 6.07) is 19.7. The van der Waals surface area contributed by atoms with Gasteiger partial charge in [0, 0.05) is 11.5 Å². The molecule has 1 unspecified atom stereocenters. The molecule has 2 aromatic rings. The molecule has 23 heavy (non-hydrogen) atoms. The predicted octanol–water partition coefficient (Wildman–Crippen LogP) is 5.79. The van der Waals surface area contributed by atoms with Crippen molar-refractivity contribution in [3.63, 3.8) is 0 Å². The van der Waals surface area contributed by atoms with Gasteiger partial charge in [0.2, 0.25) is 0 Å². The molecular formula is C20H21ClN2. The fourth-order valence-corrected chi connectivity index (χ4v) is 2.18. The van der Waals surface area contributed by atoms with Gasteiger partial charge in [-0.15, -0.1) is 0 Å². The van der Waals surface area contributed by atoms with Crippen molar-refractivity contribution in [3.8, 4) is 0 Å². The summed E-state index contributed by atoms with van der Waals surface area (Å²) in [5, 5.41) is 0.566. The number of benzene rings is 2. The van der Waals surface area contributed by atoms with E-state index in [1.54, 1.807) is 0 Å². The summed E-state index contributed by atoms with van der Waals surface area (Å²) < 4.78 is 0. The lowest BCUT2D eigenvalue weighted by atomic mass is 10.1. The van der Waals surface area contributed by atoms with Crippen LogP contribution in [0, 0.1) is 5.92 Å². The monoisotopic (exact) mass is 324 g/mol. The lowest BCUT2D eigenvalue weighted by Gasteiger charge is -2.08. The molecule has 0 saturated carbocycles. The smallest absolute Gasteiger partial charge is 0.161 e. The maximum Gasteiger partial charge on any atom is 0.161 e. The van der Waals surface area contributed by atoms with Gasteiger partial charge in [0.25, 0.3) is 0 Å². The molecule has 3 heteroatoms. The molecule has 2 nitrogen and oxygen atoms in total. The van der Waals surface area contributed by atoms with E-state index in [0.717, 1.165) is 17.5 Å². The average molecular weight is 325 g/mol. The standard InChI is InChI=1S/C20H21ClN2/c1-4-15(2)19(21)23-20(18-13-9-6-10-14-18)22-16(3)17-11-7-5-8-12-17/h5-15H,3-4H2,1-2H3. The molecule has 0 fully saturated rings. The third kappa shape index (κ3) is 4.90. The largest absolute Gasteiger partial charge is 0.229 e. The molecule has 0 amide bonds. The molecule has 0 aromatic heterocycles. The Labute approximate surface area is 143 Å². The molecule has 0 aliphatic rings. The van der Waals surface area contributed by atoms with Gasteiger partial charge in [-0.25, -0.2) is 9.98 Å². The molecule has 0 radical (unpaired) electrons. The summed E-state index contributed by atoms with van der Waals surface area (Å²) in [5.74, 6) is 0.792. The fourth-order valence-electron chi connectivity index (χ4n) is 1.94. The van der Waals surface area contributed by atoms with E-state index in [-0.39, 0.29) is 5.92 Å². The highest BCUT2D eigenvalue weighted by molar-refractivity contribution is 6.66. The van der Waals surface area contributed by atoms with Gasteiger partial charge in [-0.1, -0.05) is 92.7 Å². The Hall–Kier alpha value is -2.19. The molecule has 0 aliphatic carbocycles. The first-order valence-corrected chi connectivity index (χ1v) is 8.12. The molecule has 2 rings (SSSR count). The van der Waals surface area contributed by atoms with Crippen LogP contribution < -0.4 is 0 Å². The summed E-state index contributed by atoms with van der Waals surface area (Å²) in [4.78, 5) is 9.18. The zero-order valence-electron chi connectivity index (χ0n) is 13.5. The normalized spacial score (nSPS) is 13.7. The van der Waals surface area contributed by atoms with Crippen molar-refractivity contribution in [3.05, 3.63) is 78.4 Å². The SMILES string of the molecule is C=C(N=C(N=C(Cl)C(C)CC)c1ccccc1)c1ccccc1. The van der Waals surface area contributed by atoms with E-state index in [2.05, 4.69) is 30.4 Å². The first kappa shape index (κ1) is 17.2. The summed E-state index contributed by atoms with van der Waals surface area (Å²) in [6.07, 6.45) is 0.935. The molecule has 0 aliphatic heterocycles. The highest BCUT2D eigenvalue weighted by atomic mass is 35.5. The highest BCUT2D eigenvalue weighted by Crippen LogP contribution is 2.17. The Morgan fingerprint density at radius 1 is 0.957 bits per heavy atom. The van der Waals surface area contributed by atoms with Crippen molar-refractivity contribution in [2.24, 2.45) is 15.9 Å². The minimum absolute atomic E-state index is 0.204. The van der Waals surface area contributed by atoms with Gasteiger partial charge in [0.1, 0.15) is 5.17 Å². The van der Waals surface area contributed by atoms with Gasteiger partial charge in [0.15, 0.2) is 5.84 Å². The van der Waals surface area contributed by atoms with Crippen LogP contribution in [-0.4, -0.2) is 11.0 Å². The van der Waals surface area contributed by atoms with Gasteiger partial charge in [-0.05, 0) is 12.0 Å². The summed E-state index contributed by atoms with van der Waals surface area (Å²) in [6.45, 7) is 8.21. The molecular weight excluding hydrogens is 304 g/mol. The molecule has 2 aromatic carbocycles. The Morgan fingerprint density at radius 3 is 2.00 bits per heavy atom. The molecule has 118 valence electrons. The van der Waals surface area contributed by atoms with Gasteiger partial charge in [-0.2, -0.15) is 0 Å². The lowest BCUT2D eigenvalue weighted by Crippen LogP contribution is -2.07. The number of amidine groups is 1. The molecule has 0 heterocycles. The second-order valence-corrected chi connectivity index (χ2v) is 5.75. The predicted molar refractivity (Wildman–Crippen MR) is 101 cm³/mol. The van der Waals surface area contributed by atoms with Crippen LogP contribution in [0.25, 0.3) is 5.70 Å². The zero-order valence-corrected chi connectivity index (χ0v) is 14.3. The fraction of sp³-hybridized carbons (Fsp3) is 0.200. The van der Waals surface area contributed by atoms with Crippen LogP contribution in [0.5, 0.6) is 0 Å². The molecule has 0 bridgehead atoms. The van der Waals surface area contributed by atoms with Crippen LogP contribution in [0.2, 0.25) is 0 Å². The second-order valence-electron chi connectivity index (χ2n) is 5.36. The third-order valence-corrected chi connectivity index (χ3v) is 4.07. The second kappa shape index (κ2) is 8.44. The van der Waals surface area contributed by atoms with E-state index in [9.17, 15) is 0 Å². The Bertz CT molecular complexity index is 703. The minimum Gasteiger partial charge on any atom is -0.229 e. The third-order valence-electron chi connectivity index (χ3n) is 3.61. The molecule has 1 atom stereocenters. The number of nitrogens with zero attached hydrogens (tertiary/aromatic N) is 2. The lowest BCUT2D eigenvalue weighted by molar-refractivity contribution is 0.749. The van der Waals surface area contributed by atoms with Crippen molar-refractivity contribution in [1.29, 1.82) is 0 Å². The van der Waals surface area contributed by atoms with E-state index in [1.165, 1.54) is 0 Å². The van der Waals surface area contributed by atoms with E-state index >= 15 is 0 Å². The molecule has 0 spiro atoms. The van der Waals surface area contributed by atoms with Gasteiger partial charge < -0.3 is 0 Å². The van der Waals surface area contributed by atoms with E-state index in [0.29, 0.717) is 16.7 Å².